The van der Waals surface area contributed by atoms with Crippen LogP contribution in [0, 0.1) is 0 Å². The molecule has 3 rings (SSSR count). The lowest BCUT2D eigenvalue weighted by Gasteiger charge is -2.34. The molecule has 112 valence electrons. The van der Waals surface area contributed by atoms with Gasteiger partial charge in [0, 0.05) is 25.8 Å². The van der Waals surface area contributed by atoms with E-state index in [9.17, 15) is 4.79 Å². The molecule has 1 aliphatic carbocycles. The maximum absolute atomic E-state index is 12.6. The molecule has 0 spiro atoms. The summed E-state index contributed by atoms with van der Waals surface area (Å²) in [5, 5.41) is 7.53. The molecule has 0 aliphatic heterocycles. The third-order valence-electron chi connectivity index (χ3n) is 4.30. The Hall–Kier alpha value is -1.95. The average molecular weight is 289 g/mol. The van der Waals surface area contributed by atoms with Gasteiger partial charge in [-0.05, 0) is 54.2 Å². The number of hydrogen-bond acceptors (Lipinski definition) is 5. The predicted octanol–water partition coefficient (Wildman–Crippen LogP) is 2.25. The zero-order chi connectivity index (χ0) is 14.8. The van der Waals surface area contributed by atoms with Crippen molar-refractivity contribution < 1.29 is 14.2 Å². The molecule has 2 atom stereocenters. The normalized spacial score (nSPS) is 22.4. The van der Waals surface area contributed by atoms with E-state index in [0.29, 0.717) is 16.6 Å². The van der Waals surface area contributed by atoms with Crippen LogP contribution in [0.4, 0.5) is 0 Å². The maximum atomic E-state index is 12.6. The maximum Gasteiger partial charge on any atom is 0.253 e. The van der Waals surface area contributed by atoms with Crippen LogP contribution in [0.2, 0.25) is 0 Å². The number of benzene rings is 1. The lowest BCUT2D eigenvalue weighted by molar-refractivity contribution is 0.0312. The summed E-state index contributed by atoms with van der Waals surface area (Å²) < 4.78 is 10.1. The van der Waals surface area contributed by atoms with E-state index in [1.54, 1.807) is 25.3 Å². The topological polar surface area (TPSA) is 68.5 Å². The Morgan fingerprint density at radius 2 is 2.14 bits per heavy atom. The first-order valence-corrected chi connectivity index (χ1v) is 7.21. The zero-order valence-electron chi connectivity index (χ0n) is 12.3. The molecule has 1 aromatic heterocycles. The first-order valence-electron chi connectivity index (χ1n) is 7.21. The smallest absolute Gasteiger partial charge is 0.253 e. The van der Waals surface area contributed by atoms with Crippen molar-refractivity contribution in [1.29, 1.82) is 0 Å². The van der Waals surface area contributed by atoms with Gasteiger partial charge in [-0.2, -0.15) is 0 Å². The molecule has 1 aromatic carbocycles. The Morgan fingerprint density at radius 1 is 1.33 bits per heavy atom. The van der Waals surface area contributed by atoms with E-state index in [1.807, 2.05) is 11.9 Å². The number of hydrogen-bond donors (Lipinski definition) is 0. The summed E-state index contributed by atoms with van der Waals surface area (Å²) in [6.07, 6.45) is 4.34. The molecule has 6 heteroatoms. The molecule has 6 nitrogen and oxygen atoms in total. The second-order valence-electron chi connectivity index (χ2n) is 5.56. The standard InChI is InChI=1S/C15H19N3O3/c1-18(11-4-3-5-12(9-11)20-2)15(19)10-6-7-13-14(8-10)17-21-16-13/h6-8,11-12H,3-5,9H2,1-2H3/t11-,12-/m0/s1. The minimum atomic E-state index is 0.00153. The number of methoxy groups -OCH3 is 1. The van der Waals surface area contributed by atoms with Gasteiger partial charge in [-0.15, -0.1) is 0 Å². The van der Waals surface area contributed by atoms with Crippen LogP contribution in [-0.2, 0) is 4.74 Å². The van der Waals surface area contributed by atoms with E-state index in [1.165, 1.54) is 0 Å². The van der Waals surface area contributed by atoms with Gasteiger partial charge in [0.15, 0.2) is 0 Å². The van der Waals surface area contributed by atoms with Crippen molar-refractivity contribution in [2.75, 3.05) is 14.2 Å². The van der Waals surface area contributed by atoms with Crippen molar-refractivity contribution in [3.8, 4) is 0 Å². The highest BCUT2D eigenvalue weighted by atomic mass is 16.6. The van der Waals surface area contributed by atoms with E-state index in [0.717, 1.165) is 25.7 Å². The van der Waals surface area contributed by atoms with Crippen molar-refractivity contribution in [2.45, 2.75) is 37.8 Å². The molecular weight excluding hydrogens is 270 g/mol. The van der Waals surface area contributed by atoms with E-state index in [2.05, 4.69) is 14.9 Å². The van der Waals surface area contributed by atoms with E-state index in [4.69, 9.17) is 4.74 Å². The van der Waals surface area contributed by atoms with Crippen LogP contribution in [0.25, 0.3) is 11.0 Å². The molecule has 0 saturated heterocycles. The number of ether oxygens (including phenoxy) is 1. The fourth-order valence-corrected chi connectivity index (χ4v) is 2.97. The van der Waals surface area contributed by atoms with E-state index < -0.39 is 0 Å². The quantitative estimate of drug-likeness (QED) is 0.867. The van der Waals surface area contributed by atoms with Gasteiger partial charge in [0.25, 0.3) is 5.91 Å². The molecule has 0 unspecified atom stereocenters. The molecule has 1 saturated carbocycles. The Labute approximate surface area is 123 Å². The van der Waals surface area contributed by atoms with E-state index >= 15 is 0 Å². The van der Waals surface area contributed by atoms with Crippen LogP contribution in [-0.4, -0.2) is 47.4 Å². The summed E-state index contributed by atoms with van der Waals surface area (Å²) in [7, 11) is 3.59. The van der Waals surface area contributed by atoms with Gasteiger partial charge in [-0.3, -0.25) is 4.79 Å². The van der Waals surface area contributed by atoms with Gasteiger partial charge < -0.3 is 9.64 Å². The van der Waals surface area contributed by atoms with Crippen molar-refractivity contribution in [3.05, 3.63) is 23.8 Å². The summed E-state index contributed by atoms with van der Waals surface area (Å²) in [5.74, 6) is 0.00153. The number of amides is 1. The summed E-state index contributed by atoms with van der Waals surface area (Å²) in [4.78, 5) is 14.4. The molecule has 1 aliphatic rings. The van der Waals surface area contributed by atoms with Crippen LogP contribution in [0.15, 0.2) is 22.8 Å². The minimum Gasteiger partial charge on any atom is -0.381 e. The second-order valence-corrected chi connectivity index (χ2v) is 5.56. The second kappa shape index (κ2) is 5.81. The highest BCUT2D eigenvalue weighted by molar-refractivity contribution is 5.97. The summed E-state index contributed by atoms with van der Waals surface area (Å²) in [6, 6.07) is 5.47. The Kier molecular flexibility index (Phi) is 3.88. The fourth-order valence-electron chi connectivity index (χ4n) is 2.97. The summed E-state index contributed by atoms with van der Waals surface area (Å²) in [5.41, 5.74) is 1.87. The Bertz CT molecular complexity index is 640. The molecule has 0 bridgehead atoms. The number of fused-ring (bicyclic) bond motifs is 1. The van der Waals surface area contributed by atoms with Crippen molar-refractivity contribution in [2.24, 2.45) is 0 Å². The van der Waals surface area contributed by atoms with E-state index in [-0.39, 0.29) is 18.1 Å². The summed E-state index contributed by atoms with van der Waals surface area (Å²) >= 11 is 0. The lowest BCUT2D eigenvalue weighted by atomic mass is 9.91. The van der Waals surface area contributed by atoms with Crippen molar-refractivity contribution >= 4 is 16.9 Å². The molecule has 1 fully saturated rings. The fraction of sp³-hybridized carbons (Fsp3) is 0.533. The van der Waals surface area contributed by atoms with Gasteiger partial charge in [0.1, 0.15) is 11.0 Å². The molecule has 21 heavy (non-hydrogen) atoms. The highest BCUT2D eigenvalue weighted by Crippen LogP contribution is 2.25. The Morgan fingerprint density at radius 3 is 2.95 bits per heavy atom. The first kappa shape index (κ1) is 14.0. The molecule has 0 radical (unpaired) electrons. The Balaban J connectivity index is 1.76. The molecule has 1 heterocycles. The third kappa shape index (κ3) is 2.76. The minimum absolute atomic E-state index is 0.00153. The molecule has 2 aromatic rings. The molecular formula is C15H19N3O3. The highest BCUT2D eigenvalue weighted by Gasteiger charge is 2.28. The number of carbonyl (C=O) groups excluding carboxylic acids is 1. The SMILES string of the molecule is CO[C@H]1CCC[C@H](N(C)C(=O)c2ccc3nonc3c2)C1. The number of carbonyl (C=O) groups is 1. The van der Waals surface area contributed by atoms with Crippen LogP contribution in [0.5, 0.6) is 0 Å². The molecule has 1 amide bonds. The third-order valence-corrected chi connectivity index (χ3v) is 4.30. The number of aromatic nitrogens is 2. The monoisotopic (exact) mass is 289 g/mol. The zero-order valence-corrected chi connectivity index (χ0v) is 12.3. The van der Waals surface area contributed by atoms with Crippen molar-refractivity contribution in [3.63, 3.8) is 0 Å². The molecule has 0 N–H and O–H groups in total. The first-order chi connectivity index (χ1) is 10.2. The largest absolute Gasteiger partial charge is 0.381 e. The average Bonchev–Trinajstić information content (AvgIpc) is 3.01. The van der Waals surface area contributed by atoms with Crippen LogP contribution in [0.3, 0.4) is 0 Å². The van der Waals surface area contributed by atoms with Gasteiger partial charge in [-0.25, -0.2) is 4.63 Å². The van der Waals surface area contributed by atoms with Gasteiger partial charge in [0.2, 0.25) is 0 Å². The van der Waals surface area contributed by atoms with Gasteiger partial charge >= 0.3 is 0 Å². The number of nitrogens with zero attached hydrogens (tertiary/aromatic N) is 3. The lowest BCUT2D eigenvalue weighted by Crippen LogP contribution is -2.41. The van der Waals surface area contributed by atoms with Crippen LogP contribution < -0.4 is 0 Å². The predicted molar refractivity (Wildman–Crippen MR) is 77.0 cm³/mol. The van der Waals surface area contributed by atoms with Crippen LogP contribution in [0.1, 0.15) is 36.0 Å². The van der Waals surface area contributed by atoms with Gasteiger partial charge in [0.05, 0.1) is 6.10 Å². The van der Waals surface area contributed by atoms with Crippen molar-refractivity contribution in [1.82, 2.24) is 15.2 Å². The van der Waals surface area contributed by atoms with Crippen LogP contribution >= 0.6 is 0 Å². The summed E-state index contributed by atoms with van der Waals surface area (Å²) in [6.45, 7) is 0. The van der Waals surface area contributed by atoms with Gasteiger partial charge in [-0.1, -0.05) is 0 Å². The number of rotatable bonds is 3.